The van der Waals surface area contributed by atoms with Crippen LogP contribution in [-0.4, -0.2) is 25.8 Å². The maximum Gasteiger partial charge on any atom is 0.301 e. The Morgan fingerprint density at radius 3 is 2.33 bits per heavy atom. The molecule has 102 valence electrons. The molecular formula is C11H18BrN3O2S. The second-order valence-corrected chi connectivity index (χ2v) is 6.43. The summed E-state index contributed by atoms with van der Waals surface area (Å²) in [7, 11) is -3.56. The molecule has 0 bridgehead atoms. The van der Waals surface area contributed by atoms with Gasteiger partial charge in [0.2, 0.25) is 0 Å². The highest BCUT2D eigenvalue weighted by Crippen LogP contribution is 2.31. The van der Waals surface area contributed by atoms with E-state index in [1.807, 2.05) is 13.0 Å². The van der Waals surface area contributed by atoms with E-state index in [4.69, 9.17) is 5.73 Å². The lowest BCUT2D eigenvalue weighted by Gasteiger charge is -2.21. The van der Waals surface area contributed by atoms with Gasteiger partial charge in [-0.3, -0.25) is 4.72 Å². The van der Waals surface area contributed by atoms with Crippen LogP contribution >= 0.6 is 15.9 Å². The highest BCUT2D eigenvalue weighted by atomic mass is 79.9. The Hall–Kier alpha value is -0.790. The Kier molecular flexibility index (Phi) is 5.01. The minimum Gasteiger partial charge on any atom is -0.397 e. The van der Waals surface area contributed by atoms with Crippen LogP contribution in [0.3, 0.4) is 0 Å². The van der Waals surface area contributed by atoms with Crippen LogP contribution in [0.25, 0.3) is 0 Å². The van der Waals surface area contributed by atoms with E-state index in [1.54, 1.807) is 19.9 Å². The van der Waals surface area contributed by atoms with Crippen molar-refractivity contribution < 1.29 is 8.42 Å². The zero-order valence-corrected chi connectivity index (χ0v) is 13.1. The van der Waals surface area contributed by atoms with Gasteiger partial charge in [-0.15, -0.1) is 0 Å². The van der Waals surface area contributed by atoms with Gasteiger partial charge < -0.3 is 5.73 Å². The van der Waals surface area contributed by atoms with Crippen molar-refractivity contribution in [3.05, 3.63) is 22.2 Å². The molecule has 0 fully saturated rings. The topological polar surface area (TPSA) is 75.4 Å². The Morgan fingerprint density at radius 1 is 1.33 bits per heavy atom. The molecule has 1 aromatic carbocycles. The molecule has 1 rings (SSSR count). The normalized spacial score (nSPS) is 11.8. The molecule has 18 heavy (non-hydrogen) atoms. The van der Waals surface area contributed by atoms with Gasteiger partial charge in [0.05, 0.1) is 11.4 Å². The van der Waals surface area contributed by atoms with Gasteiger partial charge in [0, 0.05) is 17.6 Å². The van der Waals surface area contributed by atoms with Gasteiger partial charge in [0.15, 0.2) is 0 Å². The third-order valence-electron chi connectivity index (χ3n) is 2.54. The highest BCUT2D eigenvalue weighted by Gasteiger charge is 2.20. The molecule has 0 aliphatic rings. The summed E-state index contributed by atoms with van der Waals surface area (Å²) in [6.07, 6.45) is 0. The minimum absolute atomic E-state index is 0.382. The molecule has 0 radical (unpaired) electrons. The first-order chi connectivity index (χ1) is 8.31. The largest absolute Gasteiger partial charge is 0.397 e. The van der Waals surface area contributed by atoms with Gasteiger partial charge in [0.1, 0.15) is 0 Å². The van der Waals surface area contributed by atoms with Crippen LogP contribution < -0.4 is 10.5 Å². The lowest BCUT2D eigenvalue weighted by atomic mass is 10.2. The number of nitrogen functional groups attached to an aromatic ring is 1. The monoisotopic (exact) mass is 335 g/mol. The molecule has 0 unspecified atom stereocenters. The molecule has 1 aromatic rings. The Balaban J connectivity index is 3.12. The quantitative estimate of drug-likeness (QED) is 0.811. The summed E-state index contributed by atoms with van der Waals surface area (Å²) in [5, 5.41) is 0. The number of nitrogens with one attached hydrogen (secondary N) is 1. The fraction of sp³-hybridized carbons (Fsp3) is 0.455. The molecule has 3 N–H and O–H groups in total. The summed E-state index contributed by atoms with van der Waals surface area (Å²) in [6, 6.07) is 3.54. The first-order valence-corrected chi connectivity index (χ1v) is 7.88. The molecule has 0 amide bonds. The second kappa shape index (κ2) is 5.90. The van der Waals surface area contributed by atoms with Crippen LogP contribution in [0.1, 0.15) is 19.4 Å². The molecule has 0 heterocycles. The number of halogens is 1. The summed E-state index contributed by atoms with van der Waals surface area (Å²) in [5.74, 6) is 0. The summed E-state index contributed by atoms with van der Waals surface area (Å²) >= 11 is 3.32. The van der Waals surface area contributed by atoms with Gasteiger partial charge in [-0.25, -0.2) is 0 Å². The minimum atomic E-state index is -3.56. The fourth-order valence-electron chi connectivity index (χ4n) is 1.63. The number of aryl methyl sites for hydroxylation is 1. The predicted molar refractivity (Wildman–Crippen MR) is 78.8 cm³/mol. The highest BCUT2D eigenvalue weighted by molar-refractivity contribution is 9.10. The SMILES string of the molecule is CCN(CC)S(=O)(=O)Nc1c(N)cc(C)cc1Br. The van der Waals surface area contributed by atoms with E-state index in [0.29, 0.717) is 28.9 Å². The number of rotatable bonds is 5. The van der Waals surface area contributed by atoms with Crippen LogP contribution in [-0.2, 0) is 10.2 Å². The van der Waals surface area contributed by atoms with E-state index in [1.165, 1.54) is 4.31 Å². The van der Waals surface area contributed by atoms with Crippen molar-refractivity contribution in [2.24, 2.45) is 0 Å². The lowest BCUT2D eigenvalue weighted by molar-refractivity contribution is 0.449. The van der Waals surface area contributed by atoms with Gasteiger partial charge in [-0.05, 0) is 40.5 Å². The third-order valence-corrected chi connectivity index (χ3v) is 4.83. The number of hydrogen-bond donors (Lipinski definition) is 2. The average Bonchev–Trinajstić information content (AvgIpc) is 2.24. The van der Waals surface area contributed by atoms with Crippen LogP contribution in [0.5, 0.6) is 0 Å². The molecule has 5 nitrogen and oxygen atoms in total. The predicted octanol–water partition coefficient (Wildman–Crippen LogP) is 2.34. The van der Waals surface area contributed by atoms with Gasteiger partial charge in [0.25, 0.3) is 0 Å². The zero-order valence-electron chi connectivity index (χ0n) is 10.7. The number of benzene rings is 1. The van der Waals surface area contributed by atoms with Crippen LogP contribution in [0.15, 0.2) is 16.6 Å². The van der Waals surface area contributed by atoms with Crippen LogP contribution in [0.4, 0.5) is 11.4 Å². The maximum atomic E-state index is 12.1. The average molecular weight is 336 g/mol. The van der Waals surface area contributed by atoms with Crippen molar-refractivity contribution >= 4 is 37.5 Å². The Morgan fingerprint density at radius 2 is 1.89 bits per heavy atom. The van der Waals surface area contributed by atoms with Crippen molar-refractivity contribution in [1.82, 2.24) is 4.31 Å². The molecule has 0 aliphatic heterocycles. The third kappa shape index (κ3) is 3.37. The summed E-state index contributed by atoms with van der Waals surface area (Å²) < 4.78 is 28.7. The molecule has 0 saturated carbocycles. The van der Waals surface area contributed by atoms with E-state index >= 15 is 0 Å². The molecule has 0 aromatic heterocycles. The fourth-order valence-corrected chi connectivity index (χ4v) is 3.75. The smallest absolute Gasteiger partial charge is 0.301 e. The van der Waals surface area contributed by atoms with Crippen LogP contribution in [0, 0.1) is 6.92 Å². The van der Waals surface area contributed by atoms with E-state index in [9.17, 15) is 8.42 Å². The summed E-state index contributed by atoms with van der Waals surface area (Å²) in [4.78, 5) is 0. The first kappa shape index (κ1) is 15.3. The molecule has 0 aliphatic carbocycles. The van der Waals surface area contributed by atoms with Gasteiger partial charge in [-0.2, -0.15) is 12.7 Å². The molecule has 0 saturated heterocycles. The van der Waals surface area contributed by atoms with Crippen molar-refractivity contribution in [2.75, 3.05) is 23.5 Å². The van der Waals surface area contributed by atoms with E-state index in [2.05, 4.69) is 20.7 Å². The maximum absolute atomic E-state index is 12.1. The van der Waals surface area contributed by atoms with Gasteiger partial charge >= 0.3 is 10.2 Å². The number of nitrogens with zero attached hydrogens (tertiary/aromatic N) is 1. The zero-order chi connectivity index (χ0) is 13.9. The molecule has 7 heteroatoms. The van der Waals surface area contributed by atoms with Crippen molar-refractivity contribution in [2.45, 2.75) is 20.8 Å². The summed E-state index contributed by atoms with van der Waals surface area (Å²) in [6.45, 7) is 6.29. The summed E-state index contributed by atoms with van der Waals surface area (Å²) in [5.41, 5.74) is 7.58. The van der Waals surface area contributed by atoms with Crippen molar-refractivity contribution in [1.29, 1.82) is 0 Å². The number of anilines is 2. The van der Waals surface area contributed by atoms with Gasteiger partial charge in [-0.1, -0.05) is 13.8 Å². The van der Waals surface area contributed by atoms with E-state index < -0.39 is 10.2 Å². The standard InChI is InChI=1S/C11H18BrN3O2S/c1-4-15(5-2)18(16,17)14-11-9(12)6-8(3)7-10(11)13/h6-7,14H,4-5,13H2,1-3H3. The lowest BCUT2D eigenvalue weighted by Crippen LogP contribution is -2.35. The number of nitrogens with two attached hydrogens (primary N) is 1. The molecular weight excluding hydrogens is 318 g/mol. The Labute approximate surface area is 117 Å². The molecule has 0 atom stereocenters. The second-order valence-electron chi connectivity index (χ2n) is 3.90. The number of hydrogen-bond acceptors (Lipinski definition) is 3. The van der Waals surface area contributed by atoms with E-state index in [-0.39, 0.29) is 0 Å². The van der Waals surface area contributed by atoms with Crippen molar-refractivity contribution in [3.63, 3.8) is 0 Å². The first-order valence-electron chi connectivity index (χ1n) is 5.65. The molecule has 0 spiro atoms. The van der Waals surface area contributed by atoms with E-state index in [0.717, 1.165) is 5.56 Å². The Bertz CT molecular complexity index is 504. The van der Waals surface area contributed by atoms with Crippen molar-refractivity contribution in [3.8, 4) is 0 Å². The van der Waals surface area contributed by atoms with Crippen LogP contribution in [0.2, 0.25) is 0 Å².